The third-order valence-electron chi connectivity index (χ3n) is 3.64. The van der Waals surface area contributed by atoms with Gasteiger partial charge in [-0.15, -0.1) is 0 Å². The van der Waals surface area contributed by atoms with E-state index in [4.69, 9.17) is 0 Å². The van der Waals surface area contributed by atoms with Crippen molar-refractivity contribution in [2.75, 3.05) is 18.9 Å². The number of carbonyl (C=O) groups excluding carboxylic acids is 1. The molecule has 0 aromatic carbocycles. The molecule has 5 heteroatoms. The Balaban J connectivity index is 1.90. The third kappa shape index (κ3) is 5.74. The van der Waals surface area contributed by atoms with Crippen LogP contribution < -0.4 is 5.32 Å². The quantitative estimate of drug-likeness (QED) is 0.886. The molecule has 128 valence electrons. The molecule has 0 aliphatic heterocycles. The summed E-state index contributed by atoms with van der Waals surface area (Å²) in [7, 11) is 2.06. The van der Waals surface area contributed by atoms with Crippen molar-refractivity contribution < 1.29 is 4.79 Å². The highest BCUT2D eigenvalue weighted by Crippen LogP contribution is 2.16. The summed E-state index contributed by atoms with van der Waals surface area (Å²) in [6.45, 7) is 7.29. The van der Waals surface area contributed by atoms with Gasteiger partial charge in [0.05, 0.1) is 5.69 Å². The monoisotopic (exact) mass is 326 g/mol. The Morgan fingerprint density at radius 2 is 1.88 bits per heavy atom. The van der Waals surface area contributed by atoms with Crippen molar-refractivity contribution >= 4 is 11.7 Å². The molecule has 0 fully saturated rings. The maximum Gasteiger partial charge on any atom is 0.230 e. The van der Waals surface area contributed by atoms with Gasteiger partial charge in [-0.25, -0.2) is 4.98 Å². The van der Waals surface area contributed by atoms with Gasteiger partial charge in [0.1, 0.15) is 5.82 Å². The molecule has 2 heterocycles. The fourth-order valence-corrected chi connectivity index (χ4v) is 2.15. The summed E-state index contributed by atoms with van der Waals surface area (Å²) in [6, 6.07) is 11.7. The predicted octanol–water partition coefficient (Wildman–Crippen LogP) is 3.14. The second-order valence-electron chi connectivity index (χ2n) is 7.03. The van der Waals surface area contributed by atoms with Crippen molar-refractivity contribution in [2.45, 2.75) is 33.7 Å². The summed E-state index contributed by atoms with van der Waals surface area (Å²) in [6.07, 6.45) is 2.72. The van der Waals surface area contributed by atoms with Crippen LogP contribution in [0, 0.1) is 5.41 Å². The second kappa shape index (κ2) is 8.02. The normalized spacial score (nSPS) is 11.5. The summed E-state index contributed by atoms with van der Waals surface area (Å²) in [5, 5.41) is 2.87. The highest BCUT2D eigenvalue weighted by molar-refractivity contribution is 5.93. The van der Waals surface area contributed by atoms with Gasteiger partial charge in [0.15, 0.2) is 0 Å². The largest absolute Gasteiger partial charge is 0.310 e. The molecule has 2 aromatic rings. The molecule has 0 saturated heterocycles. The fraction of sp³-hybridized carbons (Fsp3) is 0.421. The number of pyridine rings is 2. The first-order chi connectivity index (χ1) is 11.3. The Morgan fingerprint density at radius 1 is 1.12 bits per heavy atom. The lowest BCUT2D eigenvalue weighted by Crippen LogP contribution is -2.28. The third-order valence-corrected chi connectivity index (χ3v) is 3.64. The SMILES string of the molecule is CN(CCc1ccccn1)Cc1cccc(NC(=O)C(C)(C)C)n1. The summed E-state index contributed by atoms with van der Waals surface area (Å²) >= 11 is 0. The zero-order chi connectivity index (χ0) is 17.6. The van der Waals surface area contributed by atoms with Gasteiger partial charge in [0.2, 0.25) is 5.91 Å². The summed E-state index contributed by atoms with van der Waals surface area (Å²) < 4.78 is 0. The van der Waals surface area contributed by atoms with Gasteiger partial charge in [0.25, 0.3) is 0 Å². The van der Waals surface area contributed by atoms with E-state index in [0.717, 1.165) is 30.9 Å². The molecule has 1 N–H and O–H groups in total. The van der Waals surface area contributed by atoms with Crippen LogP contribution in [0.2, 0.25) is 0 Å². The Hall–Kier alpha value is -2.27. The first-order valence-corrected chi connectivity index (χ1v) is 8.20. The Morgan fingerprint density at radius 3 is 2.54 bits per heavy atom. The molecule has 0 radical (unpaired) electrons. The number of nitrogens with zero attached hydrogens (tertiary/aromatic N) is 3. The van der Waals surface area contributed by atoms with E-state index in [1.807, 2.05) is 63.4 Å². The standard InChI is InChI=1S/C19H26N4O/c1-19(2,3)18(24)22-17-10-7-9-16(21-17)14-23(4)13-11-15-8-5-6-12-20-15/h5-10,12H,11,13-14H2,1-4H3,(H,21,22,24). The van der Waals surface area contributed by atoms with Crippen molar-refractivity contribution in [1.29, 1.82) is 0 Å². The number of rotatable bonds is 6. The minimum absolute atomic E-state index is 0.0318. The maximum absolute atomic E-state index is 12.1. The van der Waals surface area contributed by atoms with E-state index in [-0.39, 0.29) is 5.91 Å². The molecule has 2 rings (SSSR count). The van der Waals surface area contributed by atoms with E-state index in [9.17, 15) is 4.79 Å². The lowest BCUT2D eigenvalue weighted by molar-refractivity contribution is -0.123. The predicted molar refractivity (Wildman–Crippen MR) is 96.6 cm³/mol. The minimum Gasteiger partial charge on any atom is -0.310 e. The van der Waals surface area contributed by atoms with Crippen LogP contribution in [0.25, 0.3) is 0 Å². The number of anilines is 1. The van der Waals surface area contributed by atoms with Gasteiger partial charge in [-0.05, 0) is 31.3 Å². The molecule has 24 heavy (non-hydrogen) atoms. The van der Waals surface area contributed by atoms with E-state index >= 15 is 0 Å². The highest BCUT2D eigenvalue weighted by Gasteiger charge is 2.21. The highest BCUT2D eigenvalue weighted by atomic mass is 16.2. The summed E-state index contributed by atoms with van der Waals surface area (Å²) in [4.78, 5) is 23.1. The fourth-order valence-electron chi connectivity index (χ4n) is 2.15. The molecular formula is C19H26N4O. The molecule has 0 atom stereocenters. The first kappa shape index (κ1) is 18.1. The molecule has 1 amide bonds. The van der Waals surface area contributed by atoms with Crippen LogP contribution in [0.3, 0.4) is 0 Å². The van der Waals surface area contributed by atoms with Crippen LogP contribution in [-0.4, -0.2) is 34.4 Å². The van der Waals surface area contributed by atoms with Crippen LogP contribution in [-0.2, 0) is 17.8 Å². The van der Waals surface area contributed by atoms with Crippen molar-refractivity contribution in [2.24, 2.45) is 5.41 Å². The van der Waals surface area contributed by atoms with E-state index in [2.05, 4.69) is 27.2 Å². The zero-order valence-corrected chi connectivity index (χ0v) is 14.9. The number of nitrogens with one attached hydrogen (secondary N) is 1. The van der Waals surface area contributed by atoms with E-state index in [1.165, 1.54) is 0 Å². The molecular weight excluding hydrogens is 300 g/mol. The van der Waals surface area contributed by atoms with Gasteiger partial charge in [0, 0.05) is 36.8 Å². The molecule has 5 nitrogen and oxygen atoms in total. The average Bonchev–Trinajstić information content (AvgIpc) is 2.53. The molecule has 0 bridgehead atoms. The van der Waals surface area contributed by atoms with Crippen LogP contribution in [0.4, 0.5) is 5.82 Å². The average molecular weight is 326 g/mol. The van der Waals surface area contributed by atoms with Crippen LogP contribution >= 0.6 is 0 Å². The zero-order valence-electron chi connectivity index (χ0n) is 14.9. The molecule has 0 aliphatic rings. The van der Waals surface area contributed by atoms with Crippen molar-refractivity contribution in [3.8, 4) is 0 Å². The molecule has 0 saturated carbocycles. The number of aromatic nitrogens is 2. The van der Waals surface area contributed by atoms with E-state index in [0.29, 0.717) is 5.82 Å². The van der Waals surface area contributed by atoms with E-state index < -0.39 is 5.41 Å². The van der Waals surface area contributed by atoms with Gasteiger partial charge in [-0.1, -0.05) is 32.9 Å². The topological polar surface area (TPSA) is 58.1 Å². The van der Waals surface area contributed by atoms with Crippen LogP contribution in [0.5, 0.6) is 0 Å². The second-order valence-corrected chi connectivity index (χ2v) is 7.03. The van der Waals surface area contributed by atoms with Crippen molar-refractivity contribution in [3.63, 3.8) is 0 Å². The first-order valence-electron chi connectivity index (χ1n) is 8.20. The van der Waals surface area contributed by atoms with Crippen molar-refractivity contribution in [3.05, 3.63) is 54.0 Å². The number of amides is 1. The Labute approximate surface area is 144 Å². The lowest BCUT2D eigenvalue weighted by Gasteiger charge is -2.19. The maximum atomic E-state index is 12.1. The van der Waals surface area contributed by atoms with Gasteiger partial charge >= 0.3 is 0 Å². The molecule has 0 aliphatic carbocycles. The molecule has 2 aromatic heterocycles. The number of likely N-dealkylation sites (N-methyl/N-ethyl adjacent to an activating group) is 1. The molecule has 0 spiro atoms. The van der Waals surface area contributed by atoms with E-state index in [1.54, 1.807) is 0 Å². The van der Waals surface area contributed by atoms with Crippen molar-refractivity contribution in [1.82, 2.24) is 14.9 Å². The number of hydrogen-bond acceptors (Lipinski definition) is 4. The Kier molecular flexibility index (Phi) is 6.04. The number of carbonyl (C=O) groups is 1. The minimum atomic E-state index is -0.433. The smallest absolute Gasteiger partial charge is 0.230 e. The van der Waals surface area contributed by atoms with Crippen LogP contribution in [0.15, 0.2) is 42.6 Å². The van der Waals surface area contributed by atoms with Gasteiger partial charge in [-0.2, -0.15) is 0 Å². The summed E-state index contributed by atoms with van der Waals surface area (Å²) in [5.41, 5.74) is 1.59. The van der Waals surface area contributed by atoms with Crippen LogP contribution in [0.1, 0.15) is 32.2 Å². The Bertz CT molecular complexity index is 665. The van der Waals surface area contributed by atoms with Gasteiger partial charge in [-0.3, -0.25) is 9.78 Å². The molecule has 0 unspecified atom stereocenters. The summed E-state index contributed by atoms with van der Waals surface area (Å²) in [5.74, 6) is 0.571. The van der Waals surface area contributed by atoms with Gasteiger partial charge < -0.3 is 10.2 Å². The lowest BCUT2D eigenvalue weighted by atomic mass is 9.96. The number of hydrogen-bond donors (Lipinski definition) is 1.